The van der Waals surface area contributed by atoms with Crippen LogP contribution >= 0.6 is 0 Å². The van der Waals surface area contributed by atoms with Gasteiger partial charge in [-0.25, -0.2) is 0 Å². The largest absolute Gasteiger partial charge is 0.198 e. The van der Waals surface area contributed by atoms with Gasteiger partial charge in [0.2, 0.25) is 0 Å². The van der Waals surface area contributed by atoms with Crippen LogP contribution in [-0.4, -0.2) is 0 Å². The molecule has 1 aromatic rings. The van der Waals surface area contributed by atoms with Crippen molar-refractivity contribution in [2.24, 2.45) is 0 Å². The lowest BCUT2D eigenvalue weighted by Crippen LogP contribution is -1.84. The quantitative estimate of drug-likeness (QED) is 0.634. The van der Waals surface area contributed by atoms with Gasteiger partial charge in [-0.2, -0.15) is 5.26 Å². The number of benzene rings is 1. The maximum Gasteiger partial charge on any atom is 0.0666 e. The number of rotatable bonds is 1. The first-order valence-corrected chi connectivity index (χ1v) is 4.45. The molecule has 0 atom stereocenters. The van der Waals surface area contributed by atoms with E-state index in [0.717, 1.165) is 6.42 Å². The van der Waals surface area contributed by atoms with E-state index in [0.29, 0.717) is 6.42 Å². The van der Waals surface area contributed by atoms with Crippen LogP contribution in [0.25, 0.3) is 6.08 Å². The molecule has 1 aromatic carbocycles. The molecule has 0 unspecified atom stereocenters. The Morgan fingerprint density at radius 3 is 3.08 bits per heavy atom. The molecule has 0 bridgehead atoms. The van der Waals surface area contributed by atoms with E-state index in [2.05, 4.69) is 37.3 Å². The first-order chi connectivity index (χ1) is 6.29. The van der Waals surface area contributed by atoms with E-state index < -0.39 is 0 Å². The summed E-state index contributed by atoms with van der Waals surface area (Å²) in [6.07, 6.45) is 3.67. The molecule has 0 N–H and O–H groups in total. The molecule has 0 amide bonds. The lowest BCUT2D eigenvalue weighted by atomic mass is 10.1. The molecule has 0 aliphatic heterocycles. The van der Waals surface area contributed by atoms with Gasteiger partial charge < -0.3 is 0 Å². The highest BCUT2D eigenvalue weighted by Gasteiger charge is 2.11. The van der Waals surface area contributed by atoms with Crippen LogP contribution < -0.4 is 0 Å². The number of hydrogen-bond donors (Lipinski definition) is 0. The molecular formula is C12H11N. The van der Waals surface area contributed by atoms with Gasteiger partial charge in [0.1, 0.15) is 0 Å². The zero-order chi connectivity index (χ0) is 9.26. The third-order valence-corrected chi connectivity index (χ3v) is 2.38. The molecule has 0 saturated carbocycles. The average molecular weight is 169 g/mol. The Morgan fingerprint density at radius 2 is 2.31 bits per heavy atom. The summed E-state index contributed by atoms with van der Waals surface area (Å²) < 4.78 is 0. The fourth-order valence-electron chi connectivity index (χ4n) is 1.74. The van der Waals surface area contributed by atoms with E-state index in [4.69, 9.17) is 5.26 Å². The van der Waals surface area contributed by atoms with Crippen LogP contribution in [0, 0.1) is 18.3 Å². The molecule has 1 aliphatic rings. The first kappa shape index (κ1) is 8.07. The summed E-state index contributed by atoms with van der Waals surface area (Å²) in [6, 6.07) is 8.66. The Bertz CT molecular complexity index is 408. The second-order valence-corrected chi connectivity index (χ2v) is 3.52. The van der Waals surface area contributed by atoms with Crippen LogP contribution in [0.5, 0.6) is 0 Å². The Labute approximate surface area is 78.3 Å². The van der Waals surface area contributed by atoms with E-state index in [1.165, 1.54) is 22.3 Å². The fraction of sp³-hybridized carbons (Fsp3) is 0.250. The normalized spacial score (nSPS) is 13.4. The predicted octanol–water partition coefficient (Wildman–Crippen LogP) is 2.85. The maximum atomic E-state index is 8.57. The highest BCUT2D eigenvalue weighted by molar-refractivity contribution is 5.64. The number of hydrogen-bond acceptors (Lipinski definition) is 1. The minimum absolute atomic E-state index is 0.563. The van der Waals surface area contributed by atoms with Gasteiger partial charge in [0.25, 0.3) is 0 Å². The van der Waals surface area contributed by atoms with Crippen LogP contribution in [0.2, 0.25) is 0 Å². The number of fused-ring (bicyclic) bond motifs is 1. The van der Waals surface area contributed by atoms with Crippen molar-refractivity contribution in [2.45, 2.75) is 19.8 Å². The summed E-state index contributed by atoms with van der Waals surface area (Å²) in [4.78, 5) is 0. The Kier molecular flexibility index (Phi) is 1.90. The van der Waals surface area contributed by atoms with Gasteiger partial charge in [0, 0.05) is 0 Å². The van der Waals surface area contributed by atoms with Crippen LogP contribution in [0.15, 0.2) is 23.8 Å². The van der Waals surface area contributed by atoms with Crippen molar-refractivity contribution in [3.8, 4) is 6.07 Å². The average Bonchev–Trinajstić information content (AvgIpc) is 2.46. The van der Waals surface area contributed by atoms with Crippen molar-refractivity contribution in [2.75, 3.05) is 0 Å². The summed E-state index contributed by atoms with van der Waals surface area (Å²) in [6.45, 7) is 2.09. The third-order valence-electron chi connectivity index (χ3n) is 2.38. The second-order valence-electron chi connectivity index (χ2n) is 3.52. The standard InChI is InChI=1S/C12H11N/c1-9-2-3-11-7-10(4-5-13)8-12(11)6-9/h2-3,6,8H,4,7H2,1H3. The summed E-state index contributed by atoms with van der Waals surface area (Å²) >= 11 is 0. The maximum absolute atomic E-state index is 8.57. The van der Waals surface area contributed by atoms with Crippen LogP contribution in [0.3, 0.4) is 0 Å². The van der Waals surface area contributed by atoms with Crippen molar-refractivity contribution in [3.63, 3.8) is 0 Å². The molecule has 0 saturated heterocycles. The number of nitriles is 1. The topological polar surface area (TPSA) is 23.8 Å². The van der Waals surface area contributed by atoms with Crippen molar-refractivity contribution >= 4 is 6.08 Å². The van der Waals surface area contributed by atoms with Crippen molar-refractivity contribution in [1.29, 1.82) is 5.26 Å². The van der Waals surface area contributed by atoms with Gasteiger partial charge >= 0.3 is 0 Å². The molecule has 1 aliphatic carbocycles. The van der Waals surface area contributed by atoms with Crippen molar-refractivity contribution in [3.05, 3.63) is 40.5 Å². The van der Waals surface area contributed by atoms with Gasteiger partial charge in [0.15, 0.2) is 0 Å². The SMILES string of the molecule is Cc1ccc2c(c1)C=C(CC#N)C2. The minimum Gasteiger partial charge on any atom is -0.198 e. The molecule has 1 nitrogen and oxygen atoms in total. The second kappa shape index (κ2) is 3.06. The molecule has 0 aromatic heterocycles. The van der Waals surface area contributed by atoms with Gasteiger partial charge in [-0.05, 0) is 24.5 Å². The molecule has 13 heavy (non-hydrogen) atoms. The Morgan fingerprint density at radius 1 is 1.46 bits per heavy atom. The fourth-order valence-corrected chi connectivity index (χ4v) is 1.74. The lowest BCUT2D eigenvalue weighted by molar-refractivity contribution is 1.11. The minimum atomic E-state index is 0.563. The van der Waals surface area contributed by atoms with E-state index >= 15 is 0 Å². The molecule has 0 spiro atoms. The molecule has 1 heteroatoms. The molecule has 0 fully saturated rings. The van der Waals surface area contributed by atoms with Crippen LogP contribution in [0.1, 0.15) is 23.1 Å². The van der Waals surface area contributed by atoms with Gasteiger partial charge in [0.05, 0.1) is 12.5 Å². The lowest BCUT2D eigenvalue weighted by Gasteiger charge is -1.98. The van der Waals surface area contributed by atoms with E-state index in [1.807, 2.05) is 0 Å². The zero-order valence-electron chi connectivity index (χ0n) is 7.67. The van der Waals surface area contributed by atoms with E-state index in [9.17, 15) is 0 Å². The smallest absolute Gasteiger partial charge is 0.0666 e. The van der Waals surface area contributed by atoms with E-state index in [1.54, 1.807) is 0 Å². The number of aryl methyl sites for hydroxylation is 1. The van der Waals surface area contributed by atoms with Crippen LogP contribution in [0.4, 0.5) is 0 Å². The summed E-state index contributed by atoms with van der Waals surface area (Å²) in [7, 11) is 0. The first-order valence-electron chi connectivity index (χ1n) is 4.45. The summed E-state index contributed by atoms with van der Waals surface area (Å²) in [5, 5.41) is 8.57. The predicted molar refractivity (Wildman–Crippen MR) is 53.1 cm³/mol. The molecule has 0 heterocycles. The summed E-state index contributed by atoms with van der Waals surface area (Å²) in [5.74, 6) is 0. The highest BCUT2D eigenvalue weighted by atomic mass is 14.2. The van der Waals surface area contributed by atoms with Gasteiger partial charge in [-0.1, -0.05) is 35.4 Å². The van der Waals surface area contributed by atoms with Crippen molar-refractivity contribution in [1.82, 2.24) is 0 Å². The molecule has 2 rings (SSSR count). The molecular weight excluding hydrogens is 158 g/mol. The van der Waals surface area contributed by atoms with E-state index in [-0.39, 0.29) is 0 Å². The van der Waals surface area contributed by atoms with Crippen LogP contribution in [-0.2, 0) is 6.42 Å². The van der Waals surface area contributed by atoms with Gasteiger partial charge in [-0.15, -0.1) is 0 Å². The molecule has 64 valence electrons. The zero-order valence-corrected chi connectivity index (χ0v) is 7.67. The van der Waals surface area contributed by atoms with Crippen molar-refractivity contribution < 1.29 is 0 Å². The van der Waals surface area contributed by atoms with Gasteiger partial charge in [-0.3, -0.25) is 0 Å². The number of nitrogens with zero attached hydrogens (tertiary/aromatic N) is 1. The third kappa shape index (κ3) is 1.48. The summed E-state index contributed by atoms with van der Waals surface area (Å²) in [5.41, 5.74) is 5.18. The molecule has 0 radical (unpaired) electrons. The number of allylic oxidation sites excluding steroid dienone is 1. The monoisotopic (exact) mass is 169 g/mol. The Balaban J connectivity index is 2.34. The highest BCUT2D eigenvalue weighted by Crippen LogP contribution is 2.27. The Hall–Kier alpha value is -1.55.